The number of ether oxygens (including phenoxy) is 1. The fourth-order valence-corrected chi connectivity index (χ4v) is 9.26. The predicted octanol–water partition coefficient (Wildman–Crippen LogP) is 10.9. The molecule has 8 aromatic rings. The number of aliphatic hydroxyl groups excluding tert-OH is 1. The number of carbonyl (C=O) groups excluding carboxylic acids is 6. The maximum Gasteiger partial charge on any atom is 0.225 e. The molecule has 0 aliphatic carbocycles. The molecule has 0 aliphatic rings. The third kappa shape index (κ3) is 20.8. The first-order valence-electron chi connectivity index (χ1n) is 26.8. The van der Waals surface area contributed by atoms with Crippen LogP contribution in [-0.4, -0.2) is 40.3 Å². The molecule has 1 N–H and O–H groups in total. The molecule has 1 heterocycles. The van der Waals surface area contributed by atoms with E-state index in [9.17, 15) is 37.5 Å². The molecule has 0 radical (unpaired) electrons. The zero-order valence-electron chi connectivity index (χ0n) is 47.3. The molecule has 9 nitrogen and oxygen atoms in total. The lowest BCUT2D eigenvalue weighted by atomic mass is 9.73. The molecule has 2 unspecified atom stereocenters. The molecule has 0 fully saturated rings. The molecule has 0 amide bonds. The number of aldehydes is 1. The highest BCUT2D eigenvalue weighted by Crippen LogP contribution is 2.34. The molecule has 7 aromatic carbocycles. The second kappa shape index (κ2) is 34.3. The first-order chi connectivity index (χ1) is 38.9. The smallest absolute Gasteiger partial charge is 0.225 e. The van der Waals surface area contributed by atoms with Crippen LogP contribution in [0.15, 0.2) is 199 Å². The highest BCUT2D eigenvalue weighted by molar-refractivity contribution is 7.09. The number of Topliss-reactive ketones (excluding diaryl/α,β-unsaturated/α-hetero) is 5. The monoisotopic (exact) mass is 1190 g/mol. The van der Waals surface area contributed by atoms with Crippen LogP contribution in [0.2, 0.25) is 0 Å². The first-order valence-corrected chi connectivity index (χ1v) is 27.6. The van der Waals surface area contributed by atoms with E-state index in [2.05, 4.69) is 11.5 Å². The maximum atomic E-state index is 13.9. The molecule has 0 aliphatic heterocycles. The Balaban J connectivity index is 0.000000280. The summed E-state index contributed by atoms with van der Waals surface area (Å²) in [6.45, 7) is 14.8. The fraction of sp³-hybridized carbons (Fsp3) is 0.232. The Labute approximate surface area is 495 Å². The van der Waals surface area contributed by atoms with Crippen molar-refractivity contribution in [1.82, 2.24) is 0 Å². The summed E-state index contributed by atoms with van der Waals surface area (Å²) in [5.41, 5.74) is 9.50. The van der Waals surface area contributed by atoms with E-state index >= 15 is 0 Å². The lowest BCUT2D eigenvalue weighted by Crippen LogP contribution is -3.00. The van der Waals surface area contributed by atoms with E-state index in [4.69, 9.17) is 9.84 Å². The average molecular weight is 1190 g/mol. The van der Waals surface area contributed by atoms with Crippen molar-refractivity contribution < 1.29 is 68.9 Å². The van der Waals surface area contributed by atoms with Crippen molar-refractivity contribution >= 4 is 52.6 Å². The van der Waals surface area contributed by atoms with Gasteiger partial charge in [0.2, 0.25) is 5.51 Å². The van der Waals surface area contributed by atoms with Gasteiger partial charge in [-0.15, -0.1) is 0 Å². The van der Waals surface area contributed by atoms with Crippen LogP contribution in [0.25, 0.3) is 6.08 Å². The molecule has 0 spiro atoms. The molecule has 8 rings (SSSR count). The van der Waals surface area contributed by atoms with Crippen LogP contribution in [-0.2, 0) is 51.8 Å². The van der Waals surface area contributed by atoms with Gasteiger partial charge in [0, 0.05) is 42.7 Å². The Hall–Kier alpha value is -7.97. The van der Waals surface area contributed by atoms with Gasteiger partial charge in [0.1, 0.15) is 53.3 Å². The summed E-state index contributed by atoms with van der Waals surface area (Å²) in [5, 5.41) is 8.82. The van der Waals surface area contributed by atoms with Gasteiger partial charge in [0.05, 0.1) is 24.0 Å². The number of aliphatic hydroxyl groups is 1. The summed E-state index contributed by atoms with van der Waals surface area (Å²) in [6.07, 6.45) is 2.67. The standard InChI is InChI=1S/C34H31FO4.C21H22O2.C7H5FO.C7H12NOS.BrH/c1-23(2)33(37)32(30(36)21-24-9-5-3-6-10-24)31(34(38)27-13-17-28(35)18-14-27)26-15-19-29(20-16-26)39-22-25-11-7-4-8-12-25;1-15(2)21(23)19(13-18-11-9-16(3)10-12-18)20(22)14-17-7-5-4-6-8-17;8-7-3-1-6(5-9)2-4-7;1-3-8-5-10-7(4-9)6(8)2;/h3-20,23,31-32H,21-22H2,1-2H3;4-13,15H,14H2,1-3H3;1-5H;5,9H,3-4H2,1-2H3;1H/q;;;+1;/p-1/b;19-13-;;;. The van der Waals surface area contributed by atoms with Crippen LogP contribution < -0.4 is 26.3 Å². The molecule has 1 aromatic heterocycles. The van der Waals surface area contributed by atoms with Gasteiger partial charge in [-0.25, -0.2) is 8.78 Å². The number of aromatic nitrogens is 1. The number of thiazole rings is 1. The van der Waals surface area contributed by atoms with Crippen LogP contribution in [0.5, 0.6) is 5.75 Å². The summed E-state index contributed by atoms with van der Waals surface area (Å²) in [4.78, 5) is 77.4. The Kier molecular flexibility index (Phi) is 27.9. The number of carbonyl (C=O) groups is 6. The largest absolute Gasteiger partial charge is 1.00 e. The molecule has 0 saturated heterocycles. The summed E-state index contributed by atoms with van der Waals surface area (Å²) < 4.78 is 33.8. The van der Waals surface area contributed by atoms with Crippen LogP contribution in [0.1, 0.15) is 105 Å². The summed E-state index contributed by atoms with van der Waals surface area (Å²) >= 11 is 1.61. The minimum atomic E-state index is -1.20. The molecule has 0 bridgehead atoms. The van der Waals surface area contributed by atoms with Crippen LogP contribution in [0, 0.1) is 43.2 Å². The first kappa shape index (κ1) is 66.5. The molecule has 13 heteroatoms. The zero-order chi connectivity index (χ0) is 58.8. The van der Waals surface area contributed by atoms with E-state index in [1.54, 1.807) is 55.5 Å². The number of halogens is 3. The minimum Gasteiger partial charge on any atom is -1.00 e. The summed E-state index contributed by atoms with van der Waals surface area (Å²) in [7, 11) is 0. The van der Waals surface area contributed by atoms with Gasteiger partial charge in [0.25, 0.3) is 0 Å². The SMILES string of the molecule is CC(C)C(=O)C(C(=O)Cc1ccccc1)C(C(=O)c1ccc(F)cc1)c1ccc(OCc2ccccc2)cc1.CC[n+]1csc(CO)c1C.Cc1ccc(/C=C(/C(=O)Cc2ccccc2)C(=O)C(C)C)cc1.O=Cc1ccc(F)cc1.[Br-]. The number of aryl methyl sites for hydroxylation is 2. The van der Waals surface area contributed by atoms with Gasteiger partial charge >= 0.3 is 0 Å². The number of hydrogen-bond donors (Lipinski definition) is 1. The number of allylic oxidation sites excluding steroid dienone is 1. The topological polar surface area (TPSA) is 136 Å². The fourth-order valence-electron chi connectivity index (χ4n) is 8.34. The van der Waals surface area contributed by atoms with Crippen molar-refractivity contribution in [3.63, 3.8) is 0 Å². The number of hydrogen-bond acceptors (Lipinski definition) is 9. The Bertz CT molecular complexity index is 3290. The van der Waals surface area contributed by atoms with Gasteiger partial charge in [-0.05, 0) is 108 Å². The molecule has 82 heavy (non-hydrogen) atoms. The van der Waals surface area contributed by atoms with Crippen molar-refractivity contribution in [2.45, 2.75) is 87.0 Å². The van der Waals surface area contributed by atoms with Crippen molar-refractivity contribution in [2.75, 3.05) is 0 Å². The lowest BCUT2D eigenvalue weighted by Gasteiger charge is -2.26. The van der Waals surface area contributed by atoms with E-state index in [1.807, 2.05) is 148 Å². The third-order valence-corrected chi connectivity index (χ3v) is 14.1. The van der Waals surface area contributed by atoms with E-state index in [0.717, 1.165) is 39.2 Å². The number of ketones is 5. The van der Waals surface area contributed by atoms with Crippen molar-refractivity contribution in [3.05, 3.63) is 266 Å². The molecule has 2 atom stereocenters. The second-order valence-corrected chi connectivity index (χ2v) is 20.7. The third-order valence-electron chi connectivity index (χ3n) is 13.0. The van der Waals surface area contributed by atoms with Crippen molar-refractivity contribution in [3.8, 4) is 5.75 Å². The van der Waals surface area contributed by atoms with Gasteiger partial charge in [0.15, 0.2) is 23.0 Å². The predicted molar refractivity (Wildman–Crippen MR) is 316 cm³/mol. The minimum absolute atomic E-state index is 0. The Morgan fingerprint density at radius 3 is 1.59 bits per heavy atom. The van der Waals surface area contributed by atoms with Crippen LogP contribution in [0.4, 0.5) is 8.78 Å². The van der Waals surface area contributed by atoms with E-state index in [0.29, 0.717) is 29.8 Å². The van der Waals surface area contributed by atoms with Crippen LogP contribution in [0.3, 0.4) is 0 Å². The molecular formula is C69H70BrF2NO8S. The molecular weight excluding hydrogens is 1120 g/mol. The number of benzene rings is 7. The summed E-state index contributed by atoms with van der Waals surface area (Å²) in [5.74, 6) is -4.40. The Morgan fingerprint density at radius 2 is 1.12 bits per heavy atom. The average Bonchev–Trinajstić information content (AvgIpc) is 3.97. The van der Waals surface area contributed by atoms with Crippen molar-refractivity contribution in [2.24, 2.45) is 17.8 Å². The van der Waals surface area contributed by atoms with E-state index < -0.39 is 29.4 Å². The van der Waals surface area contributed by atoms with Gasteiger partial charge in [-0.3, -0.25) is 28.8 Å². The zero-order valence-corrected chi connectivity index (χ0v) is 49.7. The normalized spacial score (nSPS) is 11.4. The number of rotatable bonds is 21. The highest BCUT2D eigenvalue weighted by atomic mass is 79.9. The van der Waals surface area contributed by atoms with E-state index in [-0.39, 0.29) is 82.4 Å². The van der Waals surface area contributed by atoms with Gasteiger partial charge in [-0.2, -0.15) is 4.57 Å². The Morgan fingerprint density at radius 1 is 0.622 bits per heavy atom. The van der Waals surface area contributed by atoms with Crippen molar-refractivity contribution in [1.29, 1.82) is 0 Å². The molecule has 426 valence electrons. The van der Waals surface area contributed by atoms with Gasteiger partial charge in [-0.1, -0.05) is 172 Å². The highest BCUT2D eigenvalue weighted by Gasteiger charge is 2.41. The summed E-state index contributed by atoms with van der Waals surface area (Å²) in [6, 6.07) is 53.7. The molecule has 0 saturated carbocycles. The van der Waals surface area contributed by atoms with E-state index in [1.165, 1.54) is 54.2 Å². The van der Waals surface area contributed by atoms with Gasteiger partial charge < -0.3 is 26.8 Å². The second-order valence-electron chi connectivity index (χ2n) is 19.8. The lowest BCUT2D eigenvalue weighted by molar-refractivity contribution is -0.695. The number of nitrogens with zero attached hydrogens (tertiary/aromatic N) is 1. The quantitative estimate of drug-likeness (QED) is 0.0188. The van der Waals surface area contributed by atoms with Crippen LogP contribution >= 0.6 is 11.3 Å². The maximum absolute atomic E-state index is 13.9.